The van der Waals surface area contributed by atoms with Gasteiger partial charge in [-0.2, -0.15) is 0 Å². The van der Waals surface area contributed by atoms with Crippen LogP contribution in [0, 0.1) is 11.7 Å². The first-order chi connectivity index (χ1) is 16.2. The highest BCUT2D eigenvalue weighted by Crippen LogP contribution is 2.37. The Balaban J connectivity index is 1.63. The van der Waals surface area contributed by atoms with Gasteiger partial charge >= 0.3 is 6.03 Å². The second-order valence-electron chi connectivity index (χ2n) is 9.39. The number of hydrogen-bond acceptors (Lipinski definition) is 4. The van der Waals surface area contributed by atoms with Gasteiger partial charge in [-0.25, -0.2) is 9.18 Å². The van der Waals surface area contributed by atoms with Crippen molar-refractivity contribution in [2.24, 2.45) is 5.92 Å². The average molecular weight is 473 g/mol. The van der Waals surface area contributed by atoms with Gasteiger partial charge in [0.25, 0.3) is 0 Å². The minimum Gasteiger partial charge on any atom is -0.489 e. The molecule has 2 amide bonds. The van der Waals surface area contributed by atoms with Crippen LogP contribution in [0.2, 0.25) is 0 Å². The van der Waals surface area contributed by atoms with Crippen molar-refractivity contribution in [3.8, 4) is 5.75 Å². The van der Waals surface area contributed by atoms with Gasteiger partial charge < -0.3 is 19.1 Å². The second-order valence-corrected chi connectivity index (χ2v) is 9.39. The lowest BCUT2D eigenvalue weighted by Crippen LogP contribution is -2.39. The van der Waals surface area contributed by atoms with Crippen LogP contribution in [0.3, 0.4) is 0 Å². The molecule has 2 aromatic carbocycles. The number of anilines is 1. The summed E-state index contributed by atoms with van der Waals surface area (Å²) in [6.45, 7) is 6.47. The number of amides is 2. The highest BCUT2D eigenvalue weighted by Gasteiger charge is 2.35. The maximum absolute atomic E-state index is 14.4. The minimum atomic E-state index is -0.556. The number of carbonyl (C=O) groups excluding carboxylic acids is 1. The van der Waals surface area contributed by atoms with Gasteiger partial charge in [-0.3, -0.25) is 4.90 Å². The van der Waals surface area contributed by atoms with E-state index < -0.39 is 5.60 Å². The van der Waals surface area contributed by atoms with E-state index in [1.807, 2.05) is 37.4 Å². The van der Waals surface area contributed by atoms with E-state index in [1.165, 1.54) is 12.1 Å². The topological polar surface area (TPSA) is 51.2 Å². The van der Waals surface area contributed by atoms with Gasteiger partial charge in [-0.05, 0) is 47.7 Å². The Labute approximate surface area is 202 Å². The van der Waals surface area contributed by atoms with Crippen molar-refractivity contribution < 1.29 is 23.4 Å². The molecule has 34 heavy (non-hydrogen) atoms. The van der Waals surface area contributed by atoms with E-state index in [2.05, 4.69) is 13.8 Å². The zero-order valence-corrected chi connectivity index (χ0v) is 21.0. The molecule has 7 heteroatoms. The predicted octanol–water partition coefficient (Wildman–Crippen LogP) is 5.59. The summed E-state index contributed by atoms with van der Waals surface area (Å²) in [6, 6.07) is 12.3. The van der Waals surface area contributed by atoms with E-state index in [9.17, 15) is 9.18 Å². The van der Waals surface area contributed by atoms with Gasteiger partial charge in [-0.15, -0.1) is 0 Å². The fourth-order valence-electron chi connectivity index (χ4n) is 4.12. The van der Waals surface area contributed by atoms with Crippen molar-refractivity contribution in [2.45, 2.75) is 45.3 Å². The first kappa shape index (κ1) is 26.0. The molecule has 1 aliphatic heterocycles. The van der Waals surface area contributed by atoms with E-state index in [-0.39, 0.29) is 18.5 Å². The number of halogens is 1. The second kappa shape index (κ2) is 11.7. The number of methoxy groups -OCH3 is 1. The Morgan fingerprint density at radius 1 is 1.12 bits per heavy atom. The Bertz CT molecular complexity index is 942. The van der Waals surface area contributed by atoms with Gasteiger partial charge in [0.05, 0.1) is 5.60 Å². The molecule has 6 nitrogen and oxygen atoms in total. The van der Waals surface area contributed by atoms with Crippen molar-refractivity contribution >= 4 is 11.7 Å². The minimum absolute atomic E-state index is 0.0443. The third-order valence-corrected chi connectivity index (χ3v) is 6.47. The molecule has 0 aliphatic carbocycles. The third-order valence-electron chi connectivity index (χ3n) is 6.47. The largest absolute Gasteiger partial charge is 0.489 e. The highest BCUT2D eigenvalue weighted by molar-refractivity contribution is 5.91. The van der Waals surface area contributed by atoms with Crippen molar-refractivity contribution in [2.75, 3.05) is 45.9 Å². The number of urea groups is 1. The standard InChI is InChI=1S/C27H37FN2O4/c1-20(2)10-13-29(3)26(31)30(4)24-8-6-21(7-9-24)19-34-25-17-22(16-23(28)18-25)27(32-5)11-14-33-15-12-27/h6-9,16-18,20H,10-15,19H2,1-5H3. The summed E-state index contributed by atoms with van der Waals surface area (Å²) in [5.74, 6) is 0.652. The molecule has 0 atom stereocenters. The molecule has 0 saturated carbocycles. The third kappa shape index (κ3) is 6.48. The van der Waals surface area contributed by atoms with E-state index in [0.717, 1.165) is 29.8 Å². The summed E-state index contributed by atoms with van der Waals surface area (Å²) in [7, 11) is 5.25. The van der Waals surface area contributed by atoms with Crippen LogP contribution in [0.5, 0.6) is 5.75 Å². The Morgan fingerprint density at radius 3 is 2.41 bits per heavy atom. The lowest BCUT2D eigenvalue weighted by molar-refractivity contribution is -0.0950. The van der Waals surface area contributed by atoms with Gasteiger partial charge in [0.1, 0.15) is 18.2 Å². The van der Waals surface area contributed by atoms with Crippen LogP contribution in [-0.4, -0.2) is 51.9 Å². The van der Waals surface area contributed by atoms with Crippen LogP contribution in [-0.2, 0) is 21.7 Å². The SMILES string of the molecule is COC1(c2cc(F)cc(OCc3ccc(N(C)C(=O)N(C)CCC(C)C)cc3)c2)CCOCC1. The maximum Gasteiger partial charge on any atom is 0.323 e. The molecule has 0 aromatic heterocycles. The molecule has 3 rings (SSSR count). The summed E-state index contributed by atoms with van der Waals surface area (Å²) in [5.41, 5.74) is 1.95. The molecule has 0 spiro atoms. The van der Waals surface area contributed by atoms with Gasteiger partial charge in [0.2, 0.25) is 0 Å². The zero-order chi connectivity index (χ0) is 24.7. The first-order valence-corrected chi connectivity index (χ1v) is 11.9. The number of carbonyl (C=O) groups is 1. The molecular weight excluding hydrogens is 435 g/mol. The smallest absolute Gasteiger partial charge is 0.323 e. The number of rotatable bonds is 9. The molecule has 0 bridgehead atoms. The zero-order valence-electron chi connectivity index (χ0n) is 21.0. The quantitative estimate of drug-likeness (QED) is 0.477. The molecule has 0 unspecified atom stereocenters. The summed E-state index contributed by atoms with van der Waals surface area (Å²) < 4.78 is 31.6. The van der Waals surface area contributed by atoms with E-state index in [4.69, 9.17) is 14.2 Å². The molecule has 0 N–H and O–H groups in total. The van der Waals surface area contributed by atoms with E-state index in [1.54, 1.807) is 24.0 Å². The maximum atomic E-state index is 14.4. The first-order valence-electron chi connectivity index (χ1n) is 11.9. The van der Waals surface area contributed by atoms with Crippen molar-refractivity contribution in [1.29, 1.82) is 0 Å². The molecule has 186 valence electrons. The molecule has 1 saturated heterocycles. The van der Waals surface area contributed by atoms with Crippen molar-refractivity contribution in [3.63, 3.8) is 0 Å². The summed E-state index contributed by atoms with van der Waals surface area (Å²) in [6.07, 6.45) is 2.31. The van der Waals surface area contributed by atoms with Gasteiger partial charge in [-0.1, -0.05) is 26.0 Å². The van der Waals surface area contributed by atoms with Crippen LogP contribution in [0.1, 0.15) is 44.2 Å². The molecule has 1 aliphatic rings. The van der Waals surface area contributed by atoms with Gasteiger partial charge in [0.15, 0.2) is 0 Å². The molecule has 2 aromatic rings. The lowest BCUT2D eigenvalue weighted by Gasteiger charge is -2.36. The normalized spacial score (nSPS) is 15.3. The summed E-state index contributed by atoms with van der Waals surface area (Å²) in [5, 5.41) is 0. The average Bonchev–Trinajstić information content (AvgIpc) is 2.85. The monoisotopic (exact) mass is 472 g/mol. The number of benzene rings is 2. The van der Waals surface area contributed by atoms with Crippen LogP contribution in [0.25, 0.3) is 0 Å². The lowest BCUT2D eigenvalue weighted by atomic mass is 9.86. The molecule has 1 heterocycles. The number of ether oxygens (including phenoxy) is 3. The van der Waals surface area contributed by atoms with E-state index in [0.29, 0.717) is 37.7 Å². The Kier molecular flexibility index (Phi) is 8.91. The molecule has 1 fully saturated rings. The van der Waals surface area contributed by atoms with Crippen molar-refractivity contribution in [1.82, 2.24) is 4.90 Å². The Morgan fingerprint density at radius 2 is 1.79 bits per heavy atom. The van der Waals surface area contributed by atoms with E-state index >= 15 is 0 Å². The van der Waals surface area contributed by atoms with Crippen LogP contribution in [0.4, 0.5) is 14.9 Å². The van der Waals surface area contributed by atoms with Crippen LogP contribution >= 0.6 is 0 Å². The number of hydrogen-bond donors (Lipinski definition) is 0. The Hall–Kier alpha value is -2.64. The molecular formula is C27H37FN2O4. The van der Waals surface area contributed by atoms with Crippen LogP contribution < -0.4 is 9.64 Å². The van der Waals surface area contributed by atoms with Crippen LogP contribution in [0.15, 0.2) is 42.5 Å². The predicted molar refractivity (Wildman–Crippen MR) is 132 cm³/mol. The molecule has 0 radical (unpaired) electrons. The highest BCUT2D eigenvalue weighted by atomic mass is 19.1. The fraction of sp³-hybridized carbons (Fsp3) is 0.519. The van der Waals surface area contributed by atoms with Crippen molar-refractivity contribution in [3.05, 3.63) is 59.4 Å². The number of nitrogens with zero attached hydrogens (tertiary/aromatic N) is 2. The summed E-state index contributed by atoms with van der Waals surface area (Å²) >= 11 is 0. The summed E-state index contributed by atoms with van der Waals surface area (Å²) in [4.78, 5) is 16.1. The fourth-order valence-corrected chi connectivity index (χ4v) is 4.12. The van der Waals surface area contributed by atoms with Gasteiger partial charge in [0, 0.05) is 65.6 Å².